The van der Waals surface area contributed by atoms with Gasteiger partial charge in [0, 0.05) is 25.7 Å². The highest BCUT2D eigenvalue weighted by molar-refractivity contribution is 7.88. The number of hydrogen-bond donors (Lipinski definition) is 1. The van der Waals surface area contributed by atoms with E-state index in [0.29, 0.717) is 19.4 Å². The molecule has 0 saturated carbocycles. The quantitative estimate of drug-likeness (QED) is 0.819. The predicted octanol–water partition coefficient (Wildman–Crippen LogP) is 2.71. The van der Waals surface area contributed by atoms with Gasteiger partial charge in [0.2, 0.25) is 10.0 Å². The number of nitrogens with zero attached hydrogens (tertiary/aromatic N) is 2. The molecule has 2 heterocycles. The summed E-state index contributed by atoms with van der Waals surface area (Å²) in [6, 6.07) is 18.0. The molecule has 2 aliphatic heterocycles. The third-order valence-corrected chi connectivity index (χ3v) is 6.49. The molecule has 0 spiro atoms. The number of nitrogens with one attached hydrogen (secondary N) is 1. The lowest BCUT2D eigenvalue weighted by Crippen LogP contribution is -2.54. The smallest absolute Gasteiger partial charge is 0.320 e. The van der Waals surface area contributed by atoms with Crippen molar-refractivity contribution in [3.63, 3.8) is 0 Å². The molecule has 0 aliphatic carbocycles. The monoisotopic (exact) mass is 413 g/mol. The van der Waals surface area contributed by atoms with E-state index in [1.807, 2.05) is 34.1 Å². The van der Waals surface area contributed by atoms with Crippen LogP contribution in [0.1, 0.15) is 18.4 Å². The zero-order valence-electron chi connectivity index (χ0n) is 16.6. The minimum absolute atomic E-state index is 0.0262. The molecular weight excluding hydrogens is 386 g/mol. The molecular formula is C22H27N3O3S. The third-order valence-electron chi connectivity index (χ3n) is 5.76. The molecule has 2 fully saturated rings. The first-order valence-electron chi connectivity index (χ1n) is 10.1. The van der Waals surface area contributed by atoms with E-state index in [2.05, 4.69) is 35.1 Å². The fourth-order valence-electron chi connectivity index (χ4n) is 4.20. The average Bonchev–Trinajstić information content (AvgIpc) is 3.02. The topological polar surface area (TPSA) is 69.7 Å². The summed E-state index contributed by atoms with van der Waals surface area (Å²) in [4.78, 5) is 16.6. The van der Waals surface area contributed by atoms with Crippen LogP contribution in [0, 0.1) is 0 Å². The lowest BCUT2D eigenvalue weighted by molar-refractivity contribution is 0.120. The highest BCUT2D eigenvalue weighted by Gasteiger charge is 2.40. The van der Waals surface area contributed by atoms with Crippen LogP contribution < -0.4 is 4.72 Å². The summed E-state index contributed by atoms with van der Waals surface area (Å²) >= 11 is 0. The number of hydrogen-bond acceptors (Lipinski definition) is 3. The van der Waals surface area contributed by atoms with Gasteiger partial charge in [-0.3, -0.25) is 0 Å². The first-order chi connectivity index (χ1) is 13.9. The van der Waals surface area contributed by atoms with Crippen molar-refractivity contribution in [3.05, 3.63) is 60.2 Å². The Bertz CT molecular complexity index is 974. The van der Waals surface area contributed by atoms with Crippen LogP contribution in [0.15, 0.2) is 54.6 Å². The Morgan fingerprint density at radius 3 is 2.41 bits per heavy atom. The van der Waals surface area contributed by atoms with Gasteiger partial charge >= 0.3 is 6.03 Å². The molecule has 6 nitrogen and oxygen atoms in total. The maximum atomic E-state index is 12.9. The molecule has 0 aromatic heterocycles. The number of urea groups is 1. The number of carbonyl (C=O) groups is 1. The molecule has 2 aromatic carbocycles. The van der Waals surface area contributed by atoms with E-state index in [9.17, 15) is 13.2 Å². The van der Waals surface area contributed by atoms with Crippen LogP contribution in [-0.2, 0) is 16.4 Å². The molecule has 2 saturated heterocycles. The molecule has 0 radical (unpaired) electrons. The van der Waals surface area contributed by atoms with Gasteiger partial charge in [-0.1, -0.05) is 54.6 Å². The van der Waals surface area contributed by atoms with E-state index in [4.69, 9.17) is 0 Å². The van der Waals surface area contributed by atoms with Gasteiger partial charge in [0.15, 0.2) is 0 Å². The zero-order chi connectivity index (χ0) is 20.4. The van der Waals surface area contributed by atoms with Gasteiger partial charge in [-0.15, -0.1) is 0 Å². The number of sulfonamides is 1. The normalized spacial score (nSPS) is 21.8. The van der Waals surface area contributed by atoms with Gasteiger partial charge in [0.05, 0.1) is 12.3 Å². The molecule has 0 bridgehead atoms. The highest BCUT2D eigenvalue weighted by atomic mass is 32.2. The summed E-state index contributed by atoms with van der Waals surface area (Å²) in [7, 11) is -3.35. The number of rotatable bonds is 5. The minimum atomic E-state index is -3.35. The van der Waals surface area contributed by atoms with E-state index < -0.39 is 10.0 Å². The molecule has 4 rings (SSSR count). The standard InChI is InChI=1S/C22H27N3O3S/c1-29(27,28)23-20-11-14-25(22(26)24-12-6-13-24)21(20)16-17-7-5-10-19(15-17)18-8-3-2-4-9-18/h2-5,7-10,15,20-21,23H,6,11-14,16H2,1H3/t20-,21-/m0/s1. The van der Waals surface area contributed by atoms with Crippen LogP contribution in [0.2, 0.25) is 0 Å². The van der Waals surface area contributed by atoms with Crippen molar-refractivity contribution in [1.82, 2.24) is 14.5 Å². The van der Waals surface area contributed by atoms with Crippen molar-refractivity contribution in [1.29, 1.82) is 0 Å². The molecule has 0 unspecified atom stereocenters. The molecule has 2 amide bonds. The minimum Gasteiger partial charge on any atom is -0.325 e. The SMILES string of the molecule is CS(=O)(=O)N[C@H]1CCN(C(=O)N2CCC2)[C@H]1Cc1cccc(-c2ccccc2)c1. The van der Waals surface area contributed by atoms with Crippen LogP contribution >= 0.6 is 0 Å². The van der Waals surface area contributed by atoms with E-state index >= 15 is 0 Å². The molecule has 1 N–H and O–H groups in total. The van der Waals surface area contributed by atoms with Crippen LogP contribution in [0.3, 0.4) is 0 Å². The molecule has 7 heteroatoms. The predicted molar refractivity (Wildman–Crippen MR) is 114 cm³/mol. The van der Waals surface area contributed by atoms with Gasteiger partial charge in [0.25, 0.3) is 0 Å². The average molecular weight is 414 g/mol. The Kier molecular flexibility index (Phi) is 5.61. The van der Waals surface area contributed by atoms with Crippen LogP contribution in [0.4, 0.5) is 4.79 Å². The van der Waals surface area contributed by atoms with Gasteiger partial charge in [-0.2, -0.15) is 0 Å². The summed E-state index contributed by atoms with van der Waals surface area (Å²) in [5, 5.41) is 0. The Balaban J connectivity index is 1.59. The van der Waals surface area contributed by atoms with Crippen LogP contribution in [0.25, 0.3) is 11.1 Å². The largest absolute Gasteiger partial charge is 0.325 e. The summed E-state index contributed by atoms with van der Waals surface area (Å²) in [6.07, 6.45) is 3.47. The lowest BCUT2D eigenvalue weighted by atomic mass is 9.97. The maximum absolute atomic E-state index is 12.9. The van der Waals surface area contributed by atoms with Crippen molar-refractivity contribution in [2.75, 3.05) is 25.9 Å². The molecule has 2 aromatic rings. The van der Waals surface area contributed by atoms with E-state index in [-0.39, 0.29) is 18.1 Å². The first kappa shape index (κ1) is 19.9. The third kappa shape index (κ3) is 4.62. The summed E-state index contributed by atoms with van der Waals surface area (Å²) < 4.78 is 26.5. The summed E-state index contributed by atoms with van der Waals surface area (Å²) in [5.41, 5.74) is 3.36. The van der Waals surface area contributed by atoms with Crippen molar-refractivity contribution in [2.45, 2.75) is 31.3 Å². The van der Waals surface area contributed by atoms with Crippen LogP contribution in [0.5, 0.6) is 0 Å². The second-order valence-corrected chi connectivity index (χ2v) is 9.72. The maximum Gasteiger partial charge on any atom is 0.320 e. The zero-order valence-corrected chi connectivity index (χ0v) is 17.4. The van der Waals surface area contributed by atoms with Crippen molar-refractivity contribution in [3.8, 4) is 11.1 Å². The first-order valence-corrected chi connectivity index (χ1v) is 12.0. The Hall–Kier alpha value is -2.38. The Morgan fingerprint density at radius 1 is 1.03 bits per heavy atom. The van der Waals surface area contributed by atoms with Crippen molar-refractivity contribution >= 4 is 16.1 Å². The van der Waals surface area contributed by atoms with E-state index in [0.717, 1.165) is 36.2 Å². The number of carbonyl (C=O) groups excluding carboxylic acids is 1. The Morgan fingerprint density at radius 2 is 1.76 bits per heavy atom. The molecule has 154 valence electrons. The second kappa shape index (κ2) is 8.16. The van der Waals surface area contributed by atoms with Gasteiger partial charge in [-0.05, 0) is 36.0 Å². The highest BCUT2D eigenvalue weighted by Crippen LogP contribution is 2.27. The van der Waals surface area contributed by atoms with E-state index in [1.165, 1.54) is 6.26 Å². The Labute approximate surface area is 172 Å². The van der Waals surface area contributed by atoms with E-state index in [1.54, 1.807) is 0 Å². The van der Waals surface area contributed by atoms with Crippen molar-refractivity contribution < 1.29 is 13.2 Å². The van der Waals surface area contributed by atoms with Gasteiger partial charge < -0.3 is 9.80 Å². The second-order valence-electron chi connectivity index (χ2n) is 7.94. The van der Waals surface area contributed by atoms with Gasteiger partial charge in [0.1, 0.15) is 0 Å². The molecule has 29 heavy (non-hydrogen) atoms. The fraction of sp³-hybridized carbons (Fsp3) is 0.409. The summed E-state index contributed by atoms with van der Waals surface area (Å²) in [6.45, 7) is 2.15. The number of amides is 2. The molecule has 2 aliphatic rings. The van der Waals surface area contributed by atoms with Crippen LogP contribution in [-0.4, -0.2) is 62.2 Å². The lowest BCUT2D eigenvalue weighted by Gasteiger charge is -2.37. The number of likely N-dealkylation sites (tertiary alicyclic amines) is 2. The summed E-state index contributed by atoms with van der Waals surface area (Å²) in [5.74, 6) is 0. The van der Waals surface area contributed by atoms with Gasteiger partial charge in [-0.25, -0.2) is 17.9 Å². The van der Waals surface area contributed by atoms with Crippen molar-refractivity contribution in [2.24, 2.45) is 0 Å². The molecule has 2 atom stereocenters. The number of benzene rings is 2. The fourth-order valence-corrected chi connectivity index (χ4v) is 5.02.